The SMILES string of the molecule is Cl.N[C@H](C(=O)O)C(c1ccccc1)c1ccccc1. The Hall–Kier alpha value is -1.84. The lowest BCUT2D eigenvalue weighted by Crippen LogP contribution is -2.37. The molecule has 2 aromatic rings. The lowest BCUT2D eigenvalue weighted by molar-refractivity contribution is -0.138. The number of carbonyl (C=O) groups is 1. The average molecular weight is 278 g/mol. The highest BCUT2D eigenvalue weighted by molar-refractivity contribution is 5.85. The molecule has 0 radical (unpaired) electrons. The minimum Gasteiger partial charge on any atom is -0.480 e. The molecule has 3 N–H and O–H groups in total. The minimum atomic E-state index is -0.993. The molecule has 0 heterocycles. The second-order valence-corrected chi connectivity index (χ2v) is 4.16. The minimum absolute atomic E-state index is 0. The van der Waals surface area contributed by atoms with Gasteiger partial charge in [0.1, 0.15) is 6.04 Å². The van der Waals surface area contributed by atoms with Gasteiger partial charge in [-0.3, -0.25) is 4.79 Å². The van der Waals surface area contributed by atoms with Crippen molar-refractivity contribution in [3.63, 3.8) is 0 Å². The number of halogens is 1. The maximum Gasteiger partial charge on any atom is 0.321 e. The van der Waals surface area contributed by atoms with Crippen molar-refractivity contribution in [3.8, 4) is 0 Å². The van der Waals surface area contributed by atoms with E-state index < -0.39 is 12.0 Å². The van der Waals surface area contributed by atoms with Gasteiger partial charge in [-0.15, -0.1) is 12.4 Å². The van der Waals surface area contributed by atoms with Crippen LogP contribution in [0.2, 0.25) is 0 Å². The number of carboxylic acids is 1. The third kappa shape index (κ3) is 3.56. The number of hydrogen-bond donors (Lipinski definition) is 2. The molecule has 0 amide bonds. The molecule has 3 nitrogen and oxygen atoms in total. The molecule has 0 bridgehead atoms. The van der Waals surface area contributed by atoms with Crippen molar-refractivity contribution in [1.29, 1.82) is 0 Å². The molecule has 0 aliphatic rings. The number of rotatable bonds is 4. The molecule has 0 fully saturated rings. The van der Waals surface area contributed by atoms with E-state index in [4.69, 9.17) is 10.8 Å². The normalized spacial score (nSPS) is 11.7. The molecule has 0 aliphatic carbocycles. The topological polar surface area (TPSA) is 63.3 Å². The van der Waals surface area contributed by atoms with E-state index in [9.17, 15) is 4.79 Å². The Morgan fingerprint density at radius 2 is 1.26 bits per heavy atom. The number of nitrogens with two attached hydrogens (primary N) is 1. The van der Waals surface area contributed by atoms with Crippen LogP contribution in [0.3, 0.4) is 0 Å². The van der Waals surface area contributed by atoms with Crippen LogP contribution in [0, 0.1) is 0 Å². The lowest BCUT2D eigenvalue weighted by atomic mass is 9.85. The van der Waals surface area contributed by atoms with Crippen LogP contribution in [0.1, 0.15) is 17.0 Å². The molecule has 0 unspecified atom stereocenters. The summed E-state index contributed by atoms with van der Waals surface area (Å²) >= 11 is 0. The van der Waals surface area contributed by atoms with Gasteiger partial charge in [0.15, 0.2) is 0 Å². The molecular formula is C15H16ClNO2. The average Bonchev–Trinajstić information content (AvgIpc) is 2.41. The summed E-state index contributed by atoms with van der Waals surface area (Å²) in [6.07, 6.45) is 0. The zero-order valence-corrected chi connectivity index (χ0v) is 11.1. The fourth-order valence-electron chi connectivity index (χ4n) is 2.07. The van der Waals surface area contributed by atoms with Crippen molar-refractivity contribution < 1.29 is 9.90 Å². The highest BCUT2D eigenvalue weighted by Crippen LogP contribution is 2.27. The van der Waals surface area contributed by atoms with Crippen LogP contribution in [0.4, 0.5) is 0 Å². The molecule has 2 rings (SSSR count). The van der Waals surface area contributed by atoms with Gasteiger partial charge in [0, 0.05) is 5.92 Å². The Kier molecular flexibility index (Phi) is 5.55. The molecule has 0 aliphatic heterocycles. The van der Waals surface area contributed by atoms with E-state index >= 15 is 0 Å². The lowest BCUT2D eigenvalue weighted by Gasteiger charge is -2.21. The van der Waals surface area contributed by atoms with Gasteiger partial charge in [-0.25, -0.2) is 0 Å². The Morgan fingerprint density at radius 1 is 0.895 bits per heavy atom. The smallest absolute Gasteiger partial charge is 0.321 e. The Morgan fingerprint density at radius 3 is 1.58 bits per heavy atom. The fraction of sp³-hybridized carbons (Fsp3) is 0.133. The first-order chi connectivity index (χ1) is 8.70. The van der Waals surface area contributed by atoms with Gasteiger partial charge in [0.2, 0.25) is 0 Å². The largest absolute Gasteiger partial charge is 0.480 e. The van der Waals surface area contributed by atoms with Crippen LogP contribution in [0.25, 0.3) is 0 Å². The summed E-state index contributed by atoms with van der Waals surface area (Å²) in [6.45, 7) is 0. The number of hydrogen-bond acceptors (Lipinski definition) is 2. The third-order valence-electron chi connectivity index (χ3n) is 2.96. The standard InChI is InChI=1S/C15H15NO2.ClH/c16-14(15(17)18)13(11-7-3-1-4-8-11)12-9-5-2-6-10-12;/h1-10,13-14H,16H2,(H,17,18);1H/t14-;/m0./s1. The molecule has 0 spiro atoms. The van der Waals surface area contributed by atoms with Gasteiger partial charge in [0.25, 0.3) is 0 Å². The van der Waals surface area contributed by atoms with Crippen LogP contribution in [0.15, 0.2) is 60.7 Å². The summed E-state index contributed by atoms with van der Waals surface area (Å²) in [4.78, 5) is 11.2. The van der Waals surface area contributed by atoms with Gasteiger partial charge in [-0.1, -0.05) is 60.7 Å². The number of aliphatic carboxylic acids is 1. The Bertz CT molecular complexity index is 477. The van der Waals surface area contributed by atoms with Crippen molar-refractivity contribution in [1.82, 2.24) is 0 Å². The van der Waals surface area contributed by atoms with Crippen LogP contribution in [0.5, 0.6) is 0 Å². The molecule has 0 saturated heterocycles. The second kappa shape index (κ2) is 6.92. The second-order valence-electron chi connectivity index (χ2n) is 4.16. The van der Waals surface area contributed by atoms with Crippen molar-refractivity contribution in [2.45, 2.75) is 12.0 Å². The molecule has 2 aromatic carbocycles. The molecular weight excluding hydrogens is 262 g/mol. The Labute approximate surface area is 118 Å². The van der Waals surface area contributed by atoms with E-state index in [2.05, 4.69) is 0 Å². The predicted molar refractivity (Wildman–Crippen MR) is 77.6 cm³/mol. The van der Waals surface area contributed by atoms with Crippen molar-refractivity contribution >= 4 is 18.4 Å². The molecule has 100 valence electrons. The Balaban J connectivity index is 0.00000180. The fourth-order valence-corrected chi connectivity index (χ4v) is 2.07. The van der Waals surface area contributed by atoms with Crippen LogP contribution in [-0.2, 0) is 4.79 Å². The summed E-state index contributed by atoms with van der Waals surface area (Å²) in [5.41, 5.74) is 7.66. The number of carboxylic acid groups (broad SMARTS) is 1. The molecule has 19 heavy (non-hydrogen) atoms. The molecule has 1 atom stereocenters. The van der Waals surface area contributed by atoms with Crippen molar-refractivity contribution in [2.24, 2.45) is 5.73 Å². The first-order valence-electron chi connectivity index (χ1n) is 5.78. The van der Waals surface area contributed by atoms with Gasteiger partial charge < -0.3 is 10.8 Å². The van der Waals surface area contributed by atoms with Crippen molar-refractivity contribution in [2.75, 3.05) is 0 Å². The van der Waals surface area contributed by atoms with Gasteiger partial charge in [0.05, 0.1) is 0 Å². The van der Waals surface area contributed by atoms with E-state index in [0.717, 1.165) is 11.1 Å². The van der Waals surface area contributed by atoms with Gasteiger partial charge in [-0.2, -0.15) is 0 Å². The quantitative estimate of drug-likeness (QED) is 0.903. The van der Waals surface area contributed by atoms with E-state index in [-0.39, 0.29) is 18.3 Å². The summed E-state index contributed by atoms with van der Waals surface area (Å²) in [5.74, 6) is -1.32. The van der Waals surface area contributed by atoms with E-state index in [1.807, 2.05) is 60.7 Å². The highest BCUT2D eigenvalue weighted by Gasteiger charge is 2.26. The summed E-state index contributed by atoms with van der Waals surface area (Å²) in [7, 11) is 0. The van der Waals surface area contributed by atoms with Crippen LogP contribution < -0.4 is 5.73 Å². The third-order valence-corrected chi connectivity index (χ3v) is 2.96. The first-order valence-corrected chi connectivity index (χ1v) is 5.78. The maximum absolute atomic E-state index is 11.2. The van der Waals surface area contributed by atoms with E-state index in [1.54, 1.807) is 0 Å². The molecule has 4 heteroatoms. The summed E-state index contributed by atoms with van der Waals surface area (Å²) in [5, 5.41) is 9.15. The zero-order valence-electron chi connectivity index (χ0n) is 10.3. The van der Waals surface area contributed by atoms with E-state index in [0.29, 0.717) is 0 Å². The van der Waals surface area contributed by atoms with Crippen LogP contribution in [-0.4, -0.2) is 17.1 Å². The predicted octanol–water partition coefficient (Wildman–Crippen LogP) is 2.65. The molecule has 0 saturated carbocycles. The molecule has 0 aromatic heterocycles. The van der Waals surface area contributed by atoms with Crippen LogP contribution >= 0.6 is 12.4 Å². The summed E-state index contributed by atoms with van der Waals surface area (Å²) in [6, 6.07) is 18.0. The van der Waals surface area contributed by atoms with Crippen molar-refractivity contribution in [3.05, 3.63) is 71.8 Å². The van der Waals surface area contributed by atoms with Gasteiger partial charge >= 0.3 is 5.97 Å². The maximum atomic E-state index is 11.2. The van der Waals surface area contributed by atoms with Gasteiger partial charge in [-0.05, 0) is 11.1 Å². The highest BCUT2D eigenvalue weighted by atomic mass is 35.5. The van der Waals surface area contributed by atoms with E-state index in [1.165, 1.54) is 0 Å². The number of benzene rings is 2. The summed E-state index contributed by atoms with van der Waals surface area (Å²) < 4.78 is 0. The first kappa shape index (κ1) is 15.2. The zero-order chi connectivity index (χ0) is 13.0. The monoisotopic (exact) mass is 277 g/mol.